The Morgan fingerprint density at radius 2 is 2.05 bits per heavy atom. The molecular weight excluding hydrogens is 284 g/mol. The van der Waals surface area contributed by atoms with Crippen molar-refractivity contribution in [2.75, 3.05) is 0 Å². The Labute approximate surface area is 132 Å². The van der Waals surface area contributed by atoms with Gasteiger partial charge in [0.25, 0.3) is 0 Å². The second-order valence-corrected chi connectivity index (χ2v) is 6.43. The van der Waals surface area contributed by atoms with Crippen LogP contribution in [0.5, 0.6) is 0 Å². The van der Waals surface area contributed by atoms with Gasteiger partial charge in [0.05, 0.1) is 12.1 Å². The molecule has 6 nitrogen and oxygen atoms in total. The molecule has 1 heterocycles. The maximum Gasteiger partial charge on any atom is 0.320 e. The van der Waals surface area contributed by atoms with E-state index >= 15 is 0 Å². The summed E-state index contributed by atoms with van der Waals surface area (Å²) in [5.74, 6) is -0.891. The van der Waals surface area contributed by atoms with E-state index in [-0.39, 0.29) is 23.8 Å². The number of carbonyl (C=O) groups excluding carboxylic acids is 1. The third-order valence-electron chi connectivity index (χ3n) is 3.98. The van der Waals surface area contributed by atoms with Crippen molar-refractivity contribution in [2.45, 2.75) is 64.8 Å². The minimum atomic E-state index is -0.906. The number of aliphatic hydroxyl groups excluding tert-OH is 1. The van der Waals surface area contributed by atoms with Crippen molar-refractivity contribution in [3.8, 4) is 0 Å². The molecule has 0 unspecified atom stereocenters. The van der Waals surface area contributed by atoms with Crippen LogP contribution in [0.15, 0.2) is 12.2 Å². The standard InChI is InChI=1S/C16H28N2O4/c1-5-6-11-8-12(16(21)22)18-14(11)15(17-10(4)19)13(20)7-9(2)3/h5-6,9,11-15,18,20H,7-8H2,1-4H3,(H,17,19)(H,21,22)/b6-5-/t11-,12-,13-,14-,15+/m1/s1. The molecule has 1 aliphatic heterocycles. The summed E-state index contributed by atoms with van der Waals surface area (Å²) in [6.07, 6.45) is 4.10. The lowest BCUT2D eigenvalue weighted by molar-refractivity contribution is -0.139. The number of amides is 1. The normalized spacial score (nSPS) is 28.0. The van der Waals surface area contributed by atoms with Crippen molar-refractivity contribution in [1.29, 1.82) is 0 Å². The Balaban J connectivity index is 2.98. The lowest BCUT2D eigenvalue weighted by atomic mass is 9.87. The summed E-state index contributed by atoms with van der Waals surface area (Å²) in [4.78, 5) is 22.7. The predicted molar refractivity (Wildman–Crippen MR) is 84.3 cm³/mol. The number of carboxylic acid groups (broad SMARTS) is 1. The third kappa shape index (κ3) is 5.10. The number of carbonyl (C=O) groups is 2. The largest absolute Gasteiger partial charge is 0.480 e. The van der Waals surface area contributed by atoms with Crippen LogP contribution >= 0.6 is 0 Å². The van der Waals surface area contributed by atoms with Gasteiger partial charge in [-0.2, -0.15) is 0 Å². The minimum Gasteiger partial charge on any atom is -0.480 e. The van der Waals surface area contributed by atoms with Gasteiger partial charge in [-0.15, -0.1) is 0 Å². The first-order valence-electron chi connectivity index (χ1n) is 7.83. The van der Waals surface area contributed by atoms with E-state index in [2.05, 4.69) is 10.6 Å². The van der Waals surface area contributed by atoms with E-state index < -0.39 is 24.2 Å². The molecule has 0 radical (unpaired) electrons. The smallest absolute Gasteiger partial charge is 0.320 e. The molecule has 0 saturated carbocycles. The van der Waals surface area contributed by atoms with E-state index in [0.29, 0.717) is 12.8 Å². The lowest BCUT2D eigenvalue weighted by Crippen LogP contribution is -2.57. The minimum absolute atomic E-state index is 0.0373. The quantitative estimate of drug-likeness (QED) is 0.524. The Hall–Kier alpha value is -1.40. The molecule has 0 aromatic carbocycles. The molecule has 0 aromatic rings. The van der Waals surface area contributed by atoms with Gasteiger partial charge < -0.3 is 15.5 Å². The molecule has 126 valence electrons. The van der Waals surface area contributed by atoms with Crippen LogP contribution in [0.25, 0.3) is 0 Å². The van der Waals surface area contributed by atoms with Crippen LogP contribution in [-0.4, -0.2) is 46.3 Å². The predicted octanol–water partition coefficient (Wildman–Crippen LogP) is 0.906. The molecule has 1 fully saturated rings. The van der Waals surface area contributed by atoms with Crippen molar-refractivity contribution in [2.24, 2.45) is 11.8 Å². The highest BCUT2D eigenvalue weighted by Gasteiger charge is 2.42. The SMILES string of the molecule is C/C=C\[C@@H]1C[C@H](C(=O)O)N[C@H]1[C@@H](NC(C)=O)[C@H](O)CC(C)C. The van der Waals surface area contributed by atoms with Gasteiger partial charge in [-0.3, -0.25) is 14.9 Å². The molecule has 6 heteroatoms. The number of hydrogen-bond donors (Lipinski definition) is 4. The maximum atomic E-state index is 11.5. The zero-order valence-electron chi connectivity index (χ0n) is 13.7. The molecule has 0 spiro atoms. The van der Waals surface area contributed by atoms with Gasteiger partial charge in [0, 0.05) is 13.0 Å². The lowest BCUT2D eigenvalue weighted by Gasteiger charge is -2.32. The van der Waals surface area contributed by atoms with E-state index in [1.807, 2.05) is 32.9 Å². The zero-order valence-corrected chi connectivity index (χ0v) is 13.7. The molecule has 5 atom stereocenters. The van der Waals surface area contributed by atoms with Crippen molar-refractivity contribution in [3.05, 3.63) is 12.2 Å². The van der Waals surface area contributed by atoms with Crippen molar-refractivity contribution >= 4 is 11.9 Å². The van der Waals surface area contributed by atoms with Crippen molar-refractivity contribution < 1.29 is 19.8 Å². The first-order chi connectivity index (χ1) is 10.3. The summed E-state index contributed by atoms with van der Waals surface area (Å²) in [5, 5.41) is 25.6. The highest BCUT2D eigenvalue weighted by Crippen LogP contribution is 2.27. The monoisotopic (exact) mass is 312 g/mol. The molecule has 0 aliphatic carbocycles. The Kier molecular flexibility index (Phi) is 7.03. The van der Waals surface area contributed by atoms with Crippen LogP contribution in [0.2, 0.25) is 0 Å². The molecule has 1 amide bonds. The topological polar surface area (TPSA) is 98.7 Å². The Morgan fingerprint density at radius 1 is 1.41 bits per heavy atom. The highest BCUT2D eigenvalue weighted by atomic mass is 16.4. The molecule has 1 aliphatic rings. The summed E-state index contributed by atoms with van der Waals surface area (Å²) in [7, 11) is 0. The fraction of sp³-hybridized carbons (Fsp3) is 0.750. The van der Waals surface area contributed by atoms with E-state index in [9.17, 15) is 19.8 Å². The molecule has 22 heavy (non-hydrogen) atoms. The number of rotatable bonds is 7. The van der Waals surface area contributed by atoms with E-state index in [4.69, 9.17) is 0 Å². The van der Waals surface area contributed by atoms with E-state index in [0.717, 1.165) is 0 Å². The second kappa shape index (κ2) is 8.29. The molecular formula is C16H28N2O4. The van der Waals surface area contributed by atoms with Crippen LogP contribution in [0.4, 0.5) is 0 Å². The summed E-state index contributed by atoms with van der Waals surface area (Å²) in [5.41, 5.74) is 0. The van der Waals surface area contributed by atoms with Gasteiger partial charge in [-0.25, -0.2) is 0 Å². The summed E-state index contributed by atoms with van der Waals surface area (Å²) in [6, 6.07) is -1.46. The molecule has 1 rings (SSSR count). The number of aliphatic hydroxyl groups is 1. The first kappa shape index (κ1) is 18.6. The highest BCUT2D eigenvalue weighted by molar-refractivity contribution is 5.75. The fourth-order valence-electron chi connectivity index (χ4n) is 3.12. The van der Waals surface area contributed by atoms with Crippen molar-refractivity contribution in [1.82, 2.24) is 10.6 Å². The van der Waals surface area contributed by atoms with Crippen LogP contribution < -0.4 is 10.6 Å². The molecule has 1 saturated heterocycles. The maximum absolute atomic E-state index is 11.5. The van der Waals surface area contributed by atoms with Crippen LogP contribution in [0.3, 0.4) is 0 Å². The third-order valence-corrected chi connectivity index (χ3v) is 3.98. The summed E-state index contributed by atoms with van der Waals surface area (Å²) >= 11 is 0. The van der Waals surface area contributed by atoms with Gasteiger partial charge >= 0.3 is 5.97 Å². The van der Waals surface area contributed by atoms with Crippen molar-refractivity contribution in [3.63, 3.8) is 0 Å². The molecule has 0 bridgehead atoms. The Bertz CT molecular complexity index is 422. The second-order valence-electron chi connectivity index (χ2n) is 6.43. The fourth-order valence-corrected chi connectivity index (χ4v) is 3.12. The van der Waals surface area contributed by atoms with E-state index in [1.165, 1.54) is 6.92 Å². The average molecular weight is 312 g/mol. The number of carboxylic acids is 1. The number of hydrogen-bond acceptors (Lipinski definition) is 4. The summed E-state index contributed by atoms with van der Waals surface area (Å²) in [6.45, 7) is 7.28. The van der Waals surface area contributed by atoms with Crippen LogP contribution in [-0.2, 0) is 9.59 Å². The van der Waals surface area contributed by atoms with Crippen LogP contribution in [0.1, 0.15) is 40.5 Å². The summed E-state index contributed by atoms with van der Waals surface area (Å²) < 4.78 is 0. The first-order valence-corrected chi connectivity index (χ1v) is 7.83. The average Bonchev–Trinajstić information content (AvgIpc) is 2.79. The van der Waals surface area contributed by atoms with Gasteiger partial charge in [0.15, 0.2) is 0 Å². The number of allylic oxidation sites excluding steroid dienone is 1. The van der Waals surface area contributed by atoms with E-state index in [1.54, 1.807) is 0 Å². The van der Waals surface area contributed by atoms with Gasteiger partial charge in [0.2, 0.25) is 5.91 Å². The zero-order chi connectivity index (χ0) is 16.9. The Morgan fingerprint density at radius 3 is 2.50 bits per heavy atom. The van der Waals surface area contributed by atoms with Gasteiger partial charge in [0.1, 0.15) is 6.04 Å². The van der Waals surface area contributed by atoms with Crippen LogP contribution in [0, 0.1) is 11.8 Å². The van der Waals surface area contributed by atoms with Gasteiger partial charge in [-0.1, -0.05) is 26.0 Å². The molecule has 0 aromatic heterocycles. The number of nitrogens with one attached hydrogen (secondary N) is 2. The molecule has 4 N–H and O–H groups in total. The number of aliphatic carboxylic acids is 1. The van der Waals surface area contributed by atoms with Gasteiger partial charge in [-0.05, 0) is 31.6 Å².